The molecule has 1 fully saturated rings. The van der Waals surface area contributed by atoms with E-state index in [-0.39, 0.29) is 46.6 Å². The maximum atomic E-state index is 12.7. The molecule has 0 unspecified atom stereocenters. The predicted octanol–water partition coefficient (Wildman–Crippen LogP) is 4.16. The van der Waals surface area contributed by atoms with E-state index in [2.05, 4.69) is 52.4 Å². The third-order valence-electron chi connectivity index (χ3n) is 7.57. The Morgan fingerprint density at radius 1 is 1.03 bits per heavy atom. The monoisotopic (exact) mass is 547 g/mol. The fraction of sp³-hybridized carbons (Fsp3) is 0.258. The molecule has 194 valence electrons. The van der Waals surface area contributed by atoms with Gasteiger partial charge in [-0.05, 0) is 77.7 Å². The minimum Gasteiger partial charge on any atom is -0.870 e. The molecule has 1 saturated carbocycles. The minimum absolute atomic E-state index is 0. The largest absolute Gasteiger partial charge is 1.00 e. The van der Waals surface area contributed by atoms with E-state index >= 15 is 0 Å². The summed E-state index contributed by atoms with van der Waals surface area (Å²) in [6.07, 6.45) is 5.07. The van der Waals surface area contributed by atoms with Crippen LogP contribution in [0.25, 0.3) is 21.6 Å². The van der Waals surface area contributed by atoms with Gasteiger partial charge in [-0.2, -0.15) is 4.37 Å². The molecule has 8 heteroatoms. The molecule has 1 atom stereocenters. The van der Waals surface area contributed by atoms with E-state index in [4.69, 9.17) is 4.74 Å². The number of benzene rings is 3. The van der Waals surface area contributed by atoms with E-state index in [0.29, 0.717) is 5.69 Å². The standard InChI is InChI=1S/C31H27N2O3S.Na.H2O/c1-19-28(32-30(35)36-20(2)21-6-4-3-5-7-21)29(37-33-19)24-10-12-26-22(16-24)8-9-23-17-25(11-13-27(23)26)31(18-34)14-15-31;;/h3-7,10-13,16-17,20H,8-9,14-15H2,1-2H3,(H,32,35);;1H2/q-1;+1;/p-1/t20-;;/m1../s1. The van der Waals surface area contributed by atoms with E-state index in [9.17, 15) is 9.59 Å². The third-order valence-corrected chi connectivity index (χ3v) is 8.55. The summed E-state index contributed by atoms with van der Waals surface area (Å²) in [5.41, 5.74) is 9.19. The molecule has 0 bridgehead atoms. The van der Waals surface area contributed by atoms with Crippen LogP contribution in [-0.4, -0.2) is 22.2 Å². The number of aryl methyl sites for hydroxylation is 3. The van der Waals surface area contributed by atoms with Crippen LogP contribution in [0.2, 0.25) is 0 Å². The van der Waals surface area contributed by atoms with Crippen LogP contribution in [-0.2, 0) is 27.8 Å². The van der Waals surface area contributed by atoms with Crippen molar-refractivity contribution in [2.45, 2.75) is 51.0 Å². The number of fused-ring (bicyclic) bond motifs is 3. The van der Waals surface area contributed by atoms with Gasteiger partial charge in [0.15, 0.2) is 0 Å². The fourth-order valence-electron chi connectivity index (χ4n) is 5.21. The number of aromatic nitrogens is 1. The first-order valence-electron chi connectivity index (χ1n) is 12.6. The zero-order valence-corrected chi connectivity index (χ0v) is 25.1. The number of anilines is 1. The number of carbonyl (C=O) groups is 1. The first-order chi connectivity index (χ1) is 18.0. The van der Waals surface area contributed by atoms with Crippen LogP contribution < -0.4 is 34.9 Å². The number of nitrogens with zero attached hydrogens (tertiary/aromatic N) is 1. The van der Waals surface area contributed by atoms with Crippen molar-refractivity contribution in [3.8, 4) is 21.6 Å². The summed E-state index contributed by atoms with van der Waals surface area (Å²) < 4.78 is 10.2. The summed E-state index contributed by atoms with van der Waals surface area (Å²) in [5, 5.41) is 2.94. The molecular weight excluding hydrogens is 519 g/mol. The summed E-state index contributed by atoms with van der Waals surface area (Å²) >= 11 is 1.38. The van der Waals surface area contributed by atoms with Crippen molar-refractivity contribution >= 4 is 29.6 Å². The van der Waals surface area contributed by atoms with Crippen molar-refractivity contribution in [2.75, 3.05) is 5.32 Å². The topological polar surface area (TPSA) is 98.3 Å². The van der Waals surface area contributed by atoms with E-state index in [1.54, 1.807) is 0 Å². The Balaban J connectivity index is 0.00000176. The van der Waals surface area contributed by atoms with E-state index < -0.39 is 6.09 Å². The number of ether oxygens (including phenoxy) is 1. The normalized spacial score (nSPS) is 14.9. The van der Waals surface area contributed by atoms with Crippen molar-refractivity contribution in [1.82, 2.24) is 4.37 Å². The van der Waals surface area contributed by atoms with Crippen LogP contribution in [0, 0.1) is 6.92 Å². The van der Waals surface area contributed by atoms with Crippen LogP contribution in [0.5, 0.6) is 0 Å². The quantitative estimate of drug-likeness (QED) is 0.289. The molecule has 1 aromatic heterocycles. The van der Waals surface area contributed by atoms with Gasteiger partial charge >= 0.3 is 35.7 Å². The molecule has 0 spiro atoms. The Kier molecular flexibility index (Phi) is 8.78. The van der Waals surface area contributed by atoms with Crippen LogP contribution in [0.4, 0.5) is 10.5 Å². The van der Waals surface area contributed by atoms with Crippen molar-refractivity contribution < 1.29 is 49.4 Å². The van der Waals surface area contributed by atoms with Crippen LogP contribution >= 0.6 is 11.5 Å². The minimum atomic E-state index is -0.496. The number of rotatable bonds is 6. The average molecular weight is 548 g/mol. The molecule has 2 aliphatic carbocycles. The van der Waals surface area contributed by atoms with Crippen molar-refractivity contribution in [1.29, 1.82) is 0 Å². The van der Waals surface area contributed by atoms with Crippen molar-refractivity contribution in [2.24, 2.45) is 0 Å². The van der Waals surface area contributed by atoms with Gasteiger partial charge in [-0.1, -0.05) is 79.1 Å². The first-order valence-corrected chi connectivity index (χ1v) is 13.4. The number of nitrogens with one attached hydrogen (secondary N) is 1. The molecule has 2 aliphatic rings. The van der Waals surface area contributed by atoms with Gasteiger partial charge in [0.2, 0.25) is 0 Å². The van der Waals surface area contributed by atoms with Gasteiger partial charge in [0, 0.05) is 0 Å². The second-order valence-electron chi connectivity index (χ2n) is 9.98. The van der Waals surface area contributed by atoms with Gasteiger partial charge in [0.1, 0.15) is 6.10 Å². The Hall–Kier alpha value is -2.81. The maximum Gasteiger partial charge on any atom is 1.00 e. The zero-order chi connectivity index (χ0) is 25.6. The van der Waals surface area contributed by atoms with E-state index in [1.807, 2.05) is 44.2 Å². The van der Waals surface area contributed by atoms with Gasteiger partial charge in [0.05, 0.1) is 16.3 Å². The molecule has 2 N–H and O–H groups in total. The SMILES string of the molecule is Cc1nsc(-c2ccc3c(c2)CCc2cc(C4([C-]=O)CC4)ccc2-3)c1NC(=O)O[C@H](C)c1ccccc1.[Na+].[OH-]. The molecule has 1 heterocycles. The molecule has 4 aromatic rings. The Bertz CT molecular complexity index is 1510. The Morgan fingerprint density at radius 2 is 1.69 bits per heavy atom. The number of hydrogen-bond acceptors (Lipinski definition) is 6. The predicted molar refractivity (Wildman–Crippen MR) is 149 cm³/mol. The summed E-state index contributed by atoms with van der Waals surface area (Å²) in [6, 6.07) is 22.6. The van der Waals surface area contributed by atoms with Gasteiger partial charge in [-0.3, -0.25) is 11.6 Å². The van der Waals surface area contributed by atoms with Gasteiger partial charge in [-0.15, -0.1) is 5.41 Å². The van der Waals surface area contributed by atoms with E-state index in [1.165, 1.54) is 33.8 Å². The molecule has 6 nitrogen and oxygen atoms in total. The smallest absolute Gasteiger partial charge is 0.870 e. The molecular formula is C31H28N2NaO4S-. The van der Waals surface area contributed by atoms with Crippen LogP contribution in [0.15, 0.2) is 66.7 Å². The average Bonchev–Trinajstić information content (AvgIpc) is 3.66. The van der Waals surface area contributed by atoms with Crippen molar-refractivity contribution in [3.63, 3.8) is 0 Å². The Morgan fingerprint density at radius 3 is 2.36 bits per heavy atom. The summed E-state index contributed by atoms with van der Waals surface area (Å²) in [7, 11) is 0. The second kappa shape index (κ2) is 11.7. The number of amides is 1. The summed E-state index contributed by atoms with van der Waals surface area (Å²) in [6.45, 7) is 3.76. The first kappa shape index (κ1) is 29.2. The van der Waals surface area contributed by atoms with Crippen LogP contribution in [0.1, 0.15) is 53.8 Å². The summed E-state index contributed by atoms with van der Waals surface area (Å²) in [4.78, 5) is 25.1. The maximum absolute atomic E-state index is 12.7. The fourth-order valence-corrected chi connectivity index (χ4v) is 6.05. The molecule has 1 amide bonds. The molecule has 39 heavy (non-hydrogen) atoms. The van der Waals surface area contributed by atoms with E-state index in [0.717, 1.165) is 52.9 Å². The zero-order valence-electron chi connectivity index (χ0n) is 22.3. The summed E-state index contributed by atoms with van der Waals surface area (Å²) in [5.74, 6) is 0. The Labute approximate surface area is 254 Å². The number of hydrogen-bond donors (Lipinski definition) is 1. The van der Waals surface area contributed by atoms with Gasteiger partial charge in [0.25, 0.3) is 0 Å². The van der Waals surface area contributed by atoms with Gasteiger partial charge < -0.3 is 15.0 Å². The molecule has 0 radical (unpaired) electrons. The second-order valence-corrected chi connectivity index (χ2v) is 10.8. The molecule has 6 rings (SSSR count). The van der Waals surface area contributed by atoms with Crippen molar-refractivity contribution in [3.05, 3.63) is 94.7 Å². The third kappa shape index (κ3) is 5.60. The molecule has 0 aliphatic heterocycles. The van der Waals surface area contributed by atoms with Gasteiger partial charge in [-0.25, -0.2) is 4.79 Å². The van der Waals surface area contributed by atoms with Crippen LogP contribution in [0.3, 0.4) is 0 Å². The molecule has 3 aromatic carbocycles. The number of carbonyl (C=O) groups excluding carboxylic acids is 2. The molecule has 0 saturated heterocycles.